The van der Waals surface area contributed by atoms with Crippen molar-refractivity contribution in [1.82, 2.24) is 4.90 Å². The molecule has 1 fully saturated rings. The van der Waals surface area contributed by atoms with Gasteiger partial charge in [0.15, 0.2) is 5.60 Å². The number of hydrogen-bond donors (Lipinski definition) is 4. The van der Waals surface area contributed by atoms with Crippen molar-refractivity contribution in [3.05, 3.63) is 52.8 Å². The third-order valence-electron chi connectivity index (χ3n) is 6.18. The fraction of sp³-hybridized carbons (Fsp3) is 0.423. The van der Waals surface area contributed by atoms with Gasteiger partial charge in [0.25, 0.3) is 0 Å². The van der Waals surface area contributed by atoms with E-state index in [0.717, 1.165) is 10.5 Å². The minimum Gasteiger partial charge on any atom is -0.492 e. The van der Waals surface area contributed by atoms with Crippen LogP contribution in [0, 0.1) is 5.82 Å². The lowest BCUT2D eigenvalue weighted by molar-refractivity contribution is -0.167. The highest BCUT2D eigenvalue weighted by Gasteiger charge is 2.43. The number of amides is 1. The van der Waals surface area contributed by atoms with E-state index in [1.54, 1.807) is 19.1 Å². The van der Waals surface area contributed by atoms with E-state index in [-0.39, 0.29) is 41.1 Å². The van der Waals surface area contributed by atoms with E-state index in [9.17, 15) is 29.0 Å². The summed E-state index contributed by atoms with van der Waals surface area (Å²) in [5, 5.41) is 29.3. The summed E-state index contributed by atoms with van der Waals surface area (Å²) in [7, 11) is 0. The molecule has 0 saturated carbocycles. The van der Waals surface area contributed by atoms with Gasteiger partial charge in [0.2, 0.25) is 5.91 Å². The Morgan fingerprint density at radius 3 is 2.54 bits per heavy atom. The molecule has 0 radical (unpaired) electrons. The van der Waals surface area contributed by atoms with E-state index in [2.05, 4.69) is 4.90 Å². The number of carbonyl (C=O) groups excluding carboxylic acids is 1. The number of ether oxygens (including phenoxy) is 2. The molecule has 1 saturated heterocycles. The zero-order valence-corrected chi connectivity index (χ0v) is 22.1. The average molecular weight is 568 g/mol. The number of anilines is 2. The highest BCUT2D eigenvalue weighted by Crippen LogP contribution is 2.37. The molecule has 1 aliphatic heterocycles. The molecule has 2 atom stereocenters. The van der Waals surface area contributed by atoms with Gasteiger partial charge in [-0.3, -0.25) is 14.5 Å². The van der Waals surface area contributed by atoms with Crippen LogP contribution in [0.25, 0.3) is 0 Å². The fourth-order valence-corrected chi connectivity index (χ4v) is 4.43. The van der Waals surface area contributed by atoms with Gasteiger partial charge in [-0.2, -0.15) is 0 Å². The number of nitrogens with two attached hydrogens (primary N) is 1. The van der Waals surface area contributed by atoms with Gasteiger partial charge in [-0.1, -0.05) is 23.7 Å². The maximum Gasteiger partial charge on any atom is 0.336 e. The van der Waals surface area contributed by atoms with E-state index < -0.39 is 42.4 Å². The number of hydrogen-bond acceptors (Lipinski definition) is 8. The minimum absolute atomic E-state index is 0.0954. The van der Waals surface area contributed by atoms with E-state index in [1.165, 1.54) is 24.3 Å². The molecule has 2 aromatic carbocycles. The number of carboxylic acid groups (broad SMARTS) is 2. The number of morpholine rings is 1. The van der Waals surface area contributed by atoms with Crippen molar-refractivity contribution in [3.63, 3.8) is 0 Å². The van der Waals surface area contributed by atoms with Crippen molar-refractivity contribution in [3.8, 4) is 5.75 Å². The first-order valence-corrected chi connectivity index (χ1v) is 12.6. The topological polar surface area (TPSA) is 163 Å². The summed E-state index contributed by atoms with van der Waals surface area (Å²) in [4.78, 5) is 39.8. The lowest BCUT2D eigenvalue weighted by atomic mass is 9.94. The van der Waals surface area contributed by atoms with Crippen LogP contribution in [0.2, 0.25) is 5.02 Å². The van der Waals surface area contributed by atoms with Crippen LogP contribution < -0.4 is 15.4 Å². The second-order valence-corrected chi connectivity index (χ2v) is 9.62. The second kappa shape index (κ2) is 13.1. The molecule has 3 rings (SSSR count). The first-order chi connectivity index (χ1) is 18.4. The first-order valence-electron chi connectivity index (χ1n) is 12.2. The molecule has 39 heavy (non-hydrogen) atoms. The molecular formula is C26H31ClFN3O8. The highest BCUT2D eigenvalue weighted by molar-refractivity contribution is 6.33. The number of carboxylic acids is 2. The Bertz CT molecular complexity index is 1200. The van der Waals surface area contributed by atoms with Crippen molar-refractivity contribution in [1.29, 1.82) is 0 Å². The van der Waals surface area contributed by atoms with Gasteiger partial charge in [0.05, 0.1) is 55.1 Å². The van der Waals surface area contributed by atoms with Crippen molar-refractivity contribution in [2.45, 2.75) is 38.0 Å². The van der Waals surface area contributed by atoms with Gasteiger partial charge in [-0.25, -0.2) is 9.18 Å². The molecule has 5 N–H and O–H groups in total. The van der Waals surface area contributed by atoms with Gasteiger partial charge in [0, 0.05) is 25.7 Å². The minimum atomic E-state index is -2.85. The predicted molar refractivity (Wildman–Crippen MR) is 140 cm³/mol. The Hall–Kier alpha value is -3.45. The van der Waals surface area contributed by atoms with E-state index >= 15 is 0 Å². The SMILES string of the molecule is CCOc1cc(N)c(Cl)cc1N(CC1CN(Cc2ccc(F)cc2)CCO1)C(=O)CC(O)(CC(=O)O)C(=O)O. The lowest BCUT2D eigenvalue weighted by Crippen LogP contribution is -2.51. The van der Waals surface area contributed by atoms with Gasteiger partial charge in [-0.15, -0.1) is 0 Å². The summed E-state index contributed by atoms with van der Waals surface area (Å²) in [6.07, 6.45) is -2.78. The van der Waals surface area contributed by atoms with Gasteiger partial charge >= 0.3 is 11.9 Å². The molecule has 1 heterocycles. The molecule has 2 aromatic rings. The summed E-state index contributed by atoms with van der Waals surface area (Å²) in [5.41, 5.74) is 4.29. The number of nitrogens with zero attached hydrogens (tertiary/aromatic N) is 2. The molecule has 212 valence electrons. The van der Waals surface area contributed by atoms with E-state index in [1.807, 2.05) is 0 Å². The molecule has 1 amide bonds. The first kappa shape index (κ1) is 30.1. The number of aliphatic carboxylic acids is 2. The summed E-state index contributed by atoms with van der Waals surface area (Å²) in [6.45, 7) is 3.61. The van der Waals surface area contributed by atoms with Crippen molar-refractivity contribution >= 4 is 40.8 Å². The molecular weight excluding hydrogens is 537 g/mol. The van der Waals surface area contributed by atoms with Crippen molar-refractivity contribution in [2.24, 2.45) is 0 Å². The molecule has 0 aromatic heterocycles. The number of halogens is 2. The van der Waals surface area contributed by atoms with E-state index in [0.29, 0.717) is 26.2 Å². The molecule has 13 heteroatoms. The molecule has 0 bridgehead atoms. The Kier molecular flexibility index (Phi) is 10.1. The maximum absolute atomic E-state index is 13.6. The Morgan fingerprint density at radius 1 is 1.23 bits per heavy atom. The summed E-state index contributed by atoms with van der Waals surface area (Å²) in [6, 6.07) is 8.90. The Labute approximate surface area is 229 Å². The zero-order valence-electron chi connectivity index (χ0n) is 21.3. The molecule has 0 spiro atoms. The van der Waals surface area contributed by atoms with Gasteiger partial charge in [0.1, 0.15) is 11.6 Å². The van der Waals surface area contributed by atoms with Gasteiger partial charge < -0.3 is 35.4 Å². The summed E-state index contributed by atoms with van der Waals surface area (Å²) < 4.78 is 24.9. The predicted octanol–water partition coefficient (Wildman–Crippen LogP) is 2.37. The second-order valence-electron chi connectivity index (χ2n) is 9.22. The molecule has 11 nitrogen and oxygen atoms in total. The Morgan fingerprint density at radius 2 is 1.92 bits per heavy atom. The summed E-state index contributed by atoms with van der Waals surface area (Å²) >= 11 is 6.25. The quantitative estimate of drug-likeness (QED) is 0.280. The van der Waals surface area contributed by atoms with E-state index in [4.69, 9.17) is 31.9 Å². The molecule has 2 unspecified atom stereocenters. The van der Waals surface area contributed by atoms with Crippen molar-refractivity contribution in [2.75, 3.05) is 43.5 Å². The number of benzene rings is 2. The number of rotatable bonds is 12. The fourth-order valence-electron chi connectivity index (χ4n) is 4.27. The zero-order chi connectivity index (χ0) is 28.7. The Balaban J connectivity index is 1.91. The van der Waals surface area contributed by atoms with Gasteiger partial charge in [-0.05, 0) is 30.7 Å². The molecule has 1 aliphatic rings. The normalized spacial score (nSPS) is 17.3. The van der Waals surface area contributed by atoms with Crippen LogP contribution in [-0.2, 0) is 25.7 Å². The van der Waals surface area contributed by atoms with Crippen LogP contribution in [0.3, 0.4) is 0 Å². The third-order valence-corrected chi connectivity index (χ3v) is 6.51. The monoisotopic (exact) mass is 567 g/mol. The van der Waals surface area contributed by atoms with Crippen LogP contribution in [0.4, 0.5) is 15.8 Å². The maximum atomic E-state index is 13.6. The highest BCUT2D eigenvalue weighted by atomic mass is 35.5. The number of carbonyl (C=O) groups is 3. The number of nitrogen functional groups attached to an aromatic ring is 1. The van der Waals surface area contributed by atoms with Crippen LogP contribution >= 0.6 is 11.6 Å². The number of aliphatic hydroxyl groups is 1. The van der Waals surface area contributed by atoms with Crippen LogP contribution in [0.15, 0.2) is 36.4 Å². The largest absolute Gasteiger partial charge is 0.492 e. The van der Waals surface area contributed by atoms with Crippen molar-refractivity contribution < 1.29 is 43.6 Å². The van der Waals surface area contributed by atoms with Crippen LogP contribution in [0.5, 0.6) is 5.75 Å². The third kappa shape index (κ3) is 8.02. The van der Waals surface area contributed by atoms with Crippen LogP contribution in [0.1, 0.15) is 25.3 Å². The standard InChI is InChI=1S/C26H31ClFN3O8/c1-2-38-22-10-20(29)19(27)9-21(22)31(23(32)11-26(37,25(35)36)12-24(33)34)15-18-14-30(7-8-39-18)13-16-3-5-17(28)6-4-16/h3-6,9-10,18,37H,2,7-8,11-15,29H2,1H3,(H,33,34)(H,35,36). The smallest absolute Gasteiger partial charge is 0.336 e. The average Bonchev–Trinajstić information content (AvgIpc) is 2.86. The summed E-state index contributed by atoms with van der Waals surface area (Å²) in [5.74, 6) is -4.48. The van der Waals surface area contributed by atoms with Crippen LogP contribution in [-0.4, -0.2) is 82.6 Å². The lowest BCUT2D eigenvalue weighted by Gasteiger charge is -2.37. The molecule has 0 aliphatic carbocycles.